The van der Waals surface area contributed by atoms with E-state index in [0.29, 0.717) is 5.76 Å². The maximum Gasteiger partial charge on any atom is 0.310 e. The van der Waals surface area contributed by atoms with Gasteiger partial charge in [-0.25, -0.2) is 0 Å². The number of nitriles is 1. The van der Waals surface area contributed by atoms with Crippen LogP contribution >= 0.6 is 0 Å². The van der Waals surface area contributed by atoms with Crippen molar-refractivity contribution in [2.45, 2.75) is 6.54 Å². The van der Waals surface area contributed by atoms with Crippen LogP contribution in [0.2, 0.25) is 0 Å². The predicted molar refractivity (Wildman–Crippen MR) is 49.2 cm³/mol. The molecule has 0 radical (unpaired) electrons. The van der Waals surface area contributed by atoms with Gasteiger partial charge in [0.1, 0.15) is 12.3 Å². The average Bonchev–Trinajstić information content (AvgIpc) is 2.75. The fourth-order valence-corrected chi connectivity index (χ4v) is 0.861. The fourth-order valence-electron chi connectivity index (χ4n) is 0.861. The fraction of sp³-hybridized carbons (Fsp3) is 0.222. The highest BCUT2D eigenvalue weighted by Gasteiger charge is 2.12. The summed E-state index contributed by atoms with van der Waals surface area (Å²) in [4.78, 5) is 22.0. The van der Waals surface area contributed by atoms with Crippen LogP contribution < -0.4 is 10.6 Å². The minimum Gasteiger partial charge on any atom is -0.467 e. The maximum atomic E-state index is 11.1. The van der Waals surface area contributed by atoms with Crippen molar-refractivity contribution in [2.75, 3.05) is 6.54 Å². The summed E-state index contributed by atoms with van der Waals surface area (Å²) in [6, 6.07) is 5.04. The van der Waals surface area contributed by atoms with Gasteiger partial charge in [-0.05, 0) is 12.1 Å². The Kier molecular flexibility index (Phi) is 3.91. The van der Waals surface area contributed by atoms with E-state index in [1.165, 1.54) is 6.26 Å². The highest BCUT2D eigenvalue weighted by atomic mass is 16.3. The smallest absolute Gasteiger partial charge is 0.310 e. The Labute approximate surface area is 85.9 Å². The molecule has 0 aliphatic rings. The van der Waals surface area contributed by atoms with Crippen molar-refractivity contribution >= 4 is 11.8 Å². The van der Waals surface area contributed by atoms with Gasteiger partial charge >= 0.3 is 11.8 Å². The molecule has 0 aromatic carbocycles. The Hall–Kier alpha value is -2.29. The molecule has 0 atom stereocenters. The lowest BCUT2D eigenvalue weighted by Gasteiger charge is -2.01. The number of nitrogens with one attached hydrogen (secondary N) is 2. The molecular weight excluding hydrogens is 198 g/mol. The zero-order valence-electron chi connectivity index (χ0n) is 7.82. The van der Waals surface area contributed by atoms with Crippen LogP contribution in [0, 0.1) is 11.3 Å². The third-order valence-corrected chi connectivity index (χ3v) is 1.54. The standard InChI is InChI=1S/C9H9N3O3/c10-3-4-11-8(13)9(14)12-6-7-2-1-5-15-7/h1-2,5H,4,6H2,(H,11,13)(H,12,14). The van der Waals surface area contributed by atoms with E-state index >= 15 is 0 Å². The molecular formula is C9H9N3O3. The van der Waals surface area contributed by atoms with Crippen LogP contribution in [-0.2, 0) is 16.1 Å². The van der Waals surface area contributed by atoms with Gasteiger partial charge in [0.15, 0.2) is 0 Å². The first-order valence-electron chi connectivity index (χ1n) is 4.19. The van der Waals surface area contributed by atoms with Crippen molar-refractivity contribution < 1.29 is 14.0 Å². The van der Waals surface area contributed by atoms with Gasteiger partial charge in [-0.3, -0.25) is 9.59 Å². The van der Waals surface area contributed by atoms with Crippen LogP contribution in [0.15, 0.2) is 22.8 Å². The molecule has 6 heteroatoms. The number of nitrogens with zero attached hydrogens (tertiary/aromatic N) is 1. The van der Waals surface area contributed by atoms with Gasteiger partial charge in [-0.15, -0.1) is 0 Å². The topological polar surface area (TPSA) is 95.1 Å². The van der Waals surface area contributed by atoms with Gasteiger partial charge in [0, 0.05) is 0 Å². The highest BCUT2D eigenvalue weighted by Crippen LogP contribution is 1.97. The first-order chi connectivity index (χ1) is 7.24. The monoisotopic (exact) mass is 207 g/mol. The Bertz CT molecular complexity index is 378. The Morgan fingerprint density at radius 3 is 2.73 bits per heavy atom. The molecule has 0 aliphatic heterocycles. The third-order valence-electron chi connectivity index (χ3n) is 1.54. The minimum atomic E-state index is -0.830. The molecule has 1 rings (SSSR count). The van der Waals surface area contributed by atoms with Crippen molar-refractivity contribution in [1.29, 1.82) is 5.26 Å². The number of hydrogen-bond acceptors (Lipinski definition) is 4. The molecule has 0 unspecified atom stereocenters. The normalized spacial score (nSPS) is 9.00. The maximum absolute atomic E-state index is 11.1. The molecule has 0 spiro atoms. The van der Waals surface area contributed by atoms with Crippen LogP contribution in [0.4, 0.5) is 0 Å². The summed E-state index contributed by atoms with van der Waals surface area (Å²) in [6.45, 7) is -0.0428. The Morgan fingerprint density at radius 2 is 2.13 bits per heavy atom. The Morgan fingerprint density at radius 1 is 1.40 bits per heavy atom. The van der Waals surface area contributed by atoms with Gasteiger partial charge in [-0.1, -0.05) is 0 Å². The quantitative estimate of drug-likeness (QED) is 0.517. The van der Waals surface area contributed by atoms with Crippen LogP contribution in [-0.4, -0.2) is 18.4 Å². The summed E-state index contributed by atoms with van der Waals surface area (Å²) in [5.74, 6) is -1.07. The van der Waals surface area contributed by atoms with Crippen LogP contribution in [0.3, 0.4) is 0 Å². The van der Waals surface area contributed by atoms with E-state index in [0.717, 1.165) is 0 Å². The second kappa shape index (κ2) is 5.44. The van der Waals surface area contributed by atoms with Crippen LogP contribution in [0.25, 0.3) is 0 Å². The molecule has 1 aromatic heterocycles. The number of rotatable bonds is 3. The van der Waals surface area contributed by atoms with Gasteiger partial charge in [0.25, 0.3) is 0 Å². The van der Waals surface area contributed by atoms with Crippen molar-refractivity contribution in [3.05, 3.63) is 24.2 Å². The lowest BCUT2D eigenvalue weighted by atomic mass is 10.4. The first kappa shape index (κ1) is 10.8. The van der Waals surface area contributed by atoms with Gasteiger partial charge in [0.05, 0.1) is 18.9 Å². The van der Waals surface area contributed by atoms with Gasteiger partial charge < -0.3 is 15.1 Å². The average molecular weight is 207 g/mol. The molecule has 1 heterocycles. The van der Waals surface area contributed by atoms with Crippen molar-refractivity contribution in [3.8, 4) is 6.07 Å². The molecule has 6 nitrogen and oxygen atoms in total. The number of hydrogen-bond donors (Lipinski definition) is 2. The van der Waals surface area contributed by atoms with E-state index in [-0.39, 0.29) is 13.1 Å². The van der Waals surface area contributed by atoms with Crippen molar-refractivity contribution in [3.63, 3.8) is 0 Å². The van der Waals surface area contributed by atoms with Gasteiger partial charge in [-0.2, -0.15) is 5.26 Å². The predicted octanol–water partition coefficient (Wildman–Crippen LogP) is -0.464. The van der Waals surface area contributed by atoms with E-state index in [2.05, 4.69) is 10.6 Å². The number of carbonyl (C=O) groups excluding carboxylic acids is 2. The second-order valence-electron chi connectivity index (χ2n) is 2.60. The van der Waals surface area contributed by atoms with E-state index < -0.39 is 11.8 Å². The molecule has 0 saturated carbocycles. The molecule has 78 valence electrons. The summed E-state index contributed by atoms with van der Waals surface area (Å²) in [6.07, 6.45) is 1.47. The summed E-state index contributed by atoms with van der Waals surface area (Å²) in [7, 11) is 0. The van der Waals surface area contributed by atoms with E-state index in [9.17, 15) is 9.59 Å². The molecule has 0 aliphatic carbocycles. The Balaban J connectivity index is 2.30. The molecule has 1 aromatic rings. The van der Waals surface area contributed by atoms with Crippen molar-refractivity contribution in [1.82, 2.24) is 10.6 Å². The number of carbonyl (C=O) groups is 2. The zero-order valence-corrected chi connectivity index (χ0v) is 7.82. The van der Waals surface area contributed by atoms with E-state index in [1.54, 1.807) is 18.2 Å². The SMILES string of the molecule is N#CCNC(=O)C(=O)NCc1ccco1. The first-order valence-corrected chi connectivity index (χ1v) is 4.19. The molecule has 2 N–H and O–H groups in total. The lowest BCUT2D eigenvalue weighted by Crippen LogP contribution is -2.39. The van der Waals surface area contributed by atoms with Crippen molar-refractivity contribution in [2.24, 2.45) is 0 Å². The van der Waals surface area contributed by atoms with Gasteiger partial charge in [0.2, 0.25) is 0 Å². The van der Waals surface area contributed by atoms with E-state index in [1.807, 2.05) is 0 Å². The number of furan rings is 1. The second-order valence-corrected chi connectivity index (χ2v) is 2.60. The summed E-state index contributed by atoms with van der Waals surface area (Å²) >= 11 is 0. The number of amides is 2. The minimum absolute atomic E-state index is 0.145. The largest absolute Gasteiger partial charge is 0.467 e. The molecule has 2 amide bonds. The molecule has 0 bridgehead atoms. The lowest BCUT2D eigenvalue weighted by molar-refractivity contribution is -0.139. The highest BCUT2D eigenvalue weighted by molar-refractivity contribution is 6.35. The van der Waals surface area contributed by atoms with Crippen LogP contribution in [0.5, 0.6) is 0 Å². The summed E-state index contributed by atoms with van der Waals surface area (Å²) < 4.78 is 4.95. The van der Waals surface area contributed by atoms with E-state index in [4.69, 9.17) is 9.68 Å². The molecule has 0 saturated heterocycles. The summed E-state index contributed by atoms with van der Waals surface area (Å²) in [5, 5.41) is 12.6. The van der Waals surface area contributed by atoms with Crippen LogP contribution in [0.1, 0.15) is 5.76 Å². The summed E-state index contributed by atoms with van der Waals surface area (Å²) in [5.41, 5.74) is 0. The molecule has 15 heavy (non-hydrogen) atoms. The zero-order chi connectivity index (χ0) is 11.1. The molecule has 0 fully saturated rings. The third kappa shape index (κ3) is 3.52.